The number of ether oxygens (including phenoxy) is 2. The van der Waals surface area contributed by atoms with Crippen LogP contribution in [0.15, 0.2) is 47.6 Å². The quantitative estimate of drug-likeness (QED) is 0.0576. The minimum Gasteiger partial charge on any atom is -0.480 e. The highest BCUT2D eigenvalue weighted by Crippen LogP contribution is 2.33. The third-order valence-corrected chi connectivity index (χ3v) is 12.2. The number of aliphatic carboxylic acids is 1. The first kappa shape index (κ1) is 54.8. The summed E-state index contributed by atoms with van der Waals surface area (Å²) in [4.78, 5) is 61.9. The molecule has 0 unspecified atom stereocenters. The predicted molar refractivity (Wildman–Crippen MR) is 238 cm³/mol. The Morgan fingerprint density at radius 3 is 2.32 bits per heavy atom. The number of Topliss-reactive ketones (excluding diaryl/α,β-unsaturated/α-hetero) is 3. The van der Waals surface area contributed by atoms with Crippen molar-refractivity contribution >= 4 is 29.2 Å². The van der Waals surface area contributed by atoms with Crippen molar-refractivity contribution in [2.24, 2.45) is 23.7 Å². The average Bonchev–Trinajstić information content (AvgIpc) is 3.25. The van der Waals surface area contributed by atoms with Crippen LogP contribution in [0, 0.1) is 23.7 Å². The van der Waals surface area contributed by atoms with Gasteiger partial charge >= 0.3 is 5.97 Å². The molecule has 0 radical (unpaired) electrons. The van der Waals surface area contributed by atoms with Crippen molar-refractivity contribution < 1.29 is 48.8 Å². The van der Waals surface area contributed by atoms with Gasteiger partial charge in [0.05, 0.1) is 18.8 Å². The van der Waals surface area contributed by atoms with Crippen LogP contribution in [0.5, 0.6) is 0 Å². The third kappa shape index (κ3) is 19.6. The maximum Gasteiger partial charge on any atom is 0.326 e. The number of hydrogen-bond acceptors (Lipinski definition) is 9. The molecule has 342 valence electrons. The number of nitrogens with zero attached hydrogens (tertiary/aromatic N) is 1. The van der Waals surface area contributed by atoms with E-state index in [0.29, 0.717) is 62.9 Å². The molecule has 2 aliphatic heterocycles. The maximum atomic E-state index is 12.5. The highest BCUT2D eigenvalue weighted by Gasteiger charge is 2.50. The van der Waals surface area contributed by atoms with E-state index in [-0.39, 0.29) is 37.1 Å². The summed E-state index contributed by atoms with van der Waals surface area (Å²) in [6.45, 7) is 16.3. The van der Waals surface area contributed by atoms with Crippen molar-refractivity contribution in [2.75, 3.05) is 20.3 Å². The highest BCUT2D eigenvalue weighted by molar-refractivity contribution is 6.39. The zero-order valence-corrected chi connectivity index (χ0v) is 38.6. The lowest BCUT2D eigenvalue weighted by Crippen LogP contribution is -2.59. The van der Waals surface area contributed by atoms with E-state index < -0.39 is 41.5 Å². The summed E-state index contributed by atoms with van der Waals surface area (Å²) < 4.78 is 10.7. The number of carbonyl (C=O) groups excluding carboxylic acids is 4. The van der Waals surface area contributed by atoms with Gasteiger partial charge < -0.3 is 29.7 Å². The van der Waals surface area contributed by atoms with Gasteiger partial charge in [0.1, 0.15) is 17.6 Å². The molecule has 1 saturated carbocycles. The fraction of sp³-hybridized carbons (Fsp3) is 0.735. The number of carboxylic acids is 1. The molecule has 1 amide bonds. The summed E-state index contributed by atoms with van der Waals surface area (Å²) in [5.41, 5.74) is 2.06. The van der Waals surface area contributed by atoms with E-state index in [9.17, 15) is 34.2 Å². The van der Waals surface area contributed by atoms with Crippen molar-refractivity contribution in [2.45, 2.75) is 189 Å². The topological polar surface area (TPSA) is 168 Å². The van der Waals surface area contributed by atoms with Gasteiger partial charge in [-0.05, 0) is 108 Å². The van der Waals surface area contributed by atoms with Crippen LogP contribution >= 0.6 is 0 Å². The van der Waals surface area contributed by atoms with Crippen LogP contribution in [0.2, 0.25) is 0 Å². The lowest BCUT2D eigenvalue weighted by molar-refractivity contribution is -0.240. The van der Waals surface area contributed by atoms with E-state index in [4.69, 9.17) is 14.6 Å². The van der Waals surface area contributed by atoms with Crippen LogP contribution in [0.25, 0.3) is 0 Å². The van der Waals surface area contributed by atoms with Crippen LogP contribution in [0.4, 0.5) is 0 Å². The highest BCUT2D eigenvalue weighted by atomic mass is 16.6. The molecule has 0 aromatic carbocycles. The molecule has 0 aromatic rings. The molecule has 11 heteroatoms. The minimum atomic E-state index is -2.13. The molecule has 3 fully saturated rings. The van der Waals surface area contributed by atoms with Crippen molar-refractivity contribution in [3.05, 3.63) is 47.6 Å². The van der Waals surface area contributed by atoms with Crippen molar-refractivity contribution in [1.29, 1.82) is 0 Å². The van der Waals surface area contributed by atoms with Gasteiger partial charge in [-0.3, -0.25) is 19.2 Å². The van der Waals surface area contributed by atoms with Gasteiger partial charge in [-0.2, -0.15) is 0 Å². The molecular weight excluding hydrogens is 763 g/mol. The molecule has 2 saturated heterocycles. The molecule has 11 nitrogen and oxygen atoms in total. The lowest BCUT2D eigenvalue weighted by Gasteiger charge is -2.38. The molecular formula is C49H81NO10. The maximum absolute atomic E-state index is 12.5. The molecule has 0 bridgehead atoms. The van der Waals surface area contributed by atoms with Crippen molar-refractivity contribution in [3.8, 4) is 0 Å². The number of rotatable bonds is 21. The number of piperidine rings is 1. The van der Waals surface area contributed by atoms with Gasteiger partial charge in [-0.25, -0.2) is 4.79 Å². The van der Waals surface area contributed by atoms with E-state index in [1.165, 1.54) is 31.3 Å². The number of aliphatic hydroxyl groups is 2. The second kappa shape index (κ2) is 29.9. The first-order valence-electron chi connectivity index (χ1n) is 22.9. The van der Waals surface area contributed by atoms with Gasteiger partial charge in [0.2, 0.25) is 5.79 Å². The Bertz CT molecular complexity index is 1450. The van der Waals surface area contributed by atoms with E-state index >= 15 is 0 Å². The Kier molecular flexibility index (Phi) is 27.3. The number of amides is 1. The van der Waals surface area contributed by atoms with Crippen molar-refractivity contribution in [3.63, 3.8) is 0 Å². The molecule has 3 rings (SSSR count). The summed E-state index contributed by atoms with van der Waals surface area (Å²) in [6, 6.07) is -1.00. The Balaban J connectivity index is 0.000000657. The van der Waals surface area contributed by atoms with Gasteiger partial charge in [0.25, 0.3) is 11.7 Å². The fourth-order valence-corrected chi connectivity index (χ4v) is 7.87. The van der Waals surface area contributed by atoms with E-state index in [1.54, 1.807) is 6.92 Å². The van der Waals surface area contributed by atoms with Crippen LogP contribution in [-0.2, 0) is 33.4 Å². The Hall–Kier alpha value is -3.25. The van der Waals surface area contributed by atoms with E-state index in [1.807, 2.05) is 59.1 Å². The largest absolute Gasteiger partial charge is 0.480 e. The molecule has 2 heterocycles. The molecule has 3 N–H and O–H groups in total. The zero-order valence-electron chi connectivity index (χ0n) is 38.6. The normalized spacial score (nSPS) is 25.4. The van der Waals surface area contributed by atoms with Crippen LogP contribution in [0.1, 0.15) is 165 Å². The number of ketones is 3. The molecule has 0 spiro atoms. The summed E-state index contributed by atoms with van der Waals surface area (Å²) in [5.74, 6) is -4.32. The van der Waals surface area contributed by atoms with Crippen LogP contribution in [-0.4, -0.2) is 93.7 Å². The Morgan fingerprint density at radius 1 is 0.950 bits per heavy atom. The lowest BCUT2D eigenvalue weighted by atomic mass is 9.80. The number of likely N-dealkylation sites (tertiary alicyclic amines) is 1. The van der Waals surface area contributed by atoms with Gasteiger partial charge in [-0.1, -0.05) is 96.4 Å². The second-order valence-electron chi connectivity index (χ2n) is 17.1. The SMILES string of the molecule is CC.CC/C(C)=C/C=C/C=C/CC[C@@H](C)C(=O)C[C@H](O)/C(C)=C/CC(=O)CC[C@H](C)C[C@@H]1CCC[C@H](OC)C1.C[C@@H]1CCCO[C@@]1(O)C(=O)C(=O)N1CCCC[C@H]1C(=O)O. The fourth-order valence-electron chi connectivity index (χ4n) is 7.87. The van der Waals surface area contributed by atoms with Crippen molar-refractivity contribution in [1.82, 2.24) is 4.90 Å². The molecule has 0 aromatic heterocycles. The zero-order chi connectivity index (χ0) is 45.3. The minimum absolute atomic E-state index is 0.0734. The number of aliphatic hydroxyl groups excluding tert-OH is 1. The second-order valence-corrected chi connectivity index (χ2v) is 17.1. The summed E-state index contributed by atoms with van der Waals surface area (Å²) in [5, 5.41) is 30.0. The number of carbonyl (C=O) groups is 5. The standard InChI is InChI=1S/C33H54O4.C14H21NO6.C2H6/c1-7-25(2)14-11-9-8-10-12-15-27(4)32(35)24-33(36)28(5)19-21-30(34)20-18-26(3)22-29-16-13-17-31(23-29)37-6;1-9-5-4-8-21-14(9,20)11(16)12(17)15-7-3-2-6-10(15)13(18)19;1-2/h8-11,14,19,26-27,29,31,33,36H,7,12-13,15-18,20-24H2,1-6H3;9-10,20H,2-8H2,1H3,(H,18,19);1-2H3/b10-8+,11-9+,25-14+,28-19+;;/t26-,27+,29-,31-,33-;9-,10+,14-;/m01./s1. The first-order valence-corrected chi connectivity index (χ1v) is 22.9. The van der Waals surface area contributed by atoms with E-state index in [0.717, 1.165) is 42.6 Å². The summed E-state index contributed by atoms with van der Waals surface area (Å²) in [7, 11) is 1.81. The van der Waals surface area contributed by atoms with Gasteiger partial charge in [0.15, 0.2) is 0 Å². The number of methoxy groups -OCH3 is 1. The summed E-state index contributed by atoms with van der Waals surface area (Å²) in [6.07, 6.45) is 25.2. The smallest absolute Gasteiger partial charge is 0.326 e. The predicted octanol–water partition coefficient (Wildman–Crippen LogP) is 9.29. The molecule has 60 heavy (non-hydrogen) atoms. The van der Waals surface area contributed by atoms with Crippen LogP contribution in [0.3, 0.4) is 0 Å². The molecule has 8 atom stereocenters. The summed E-state index contributed by atoms with van der Waals surface area (Å²) >= 11 is 0. The Labute approximate surface area is 362 Å². The average molecular weight is 844 g/mol. The number of allylic oxidation sites excluding steroid dienone is 7. The van der Waals surface area contributed by atoms with Gasteiger partial charge in [0, 0.05) is 44.8 Å². The number of carboxylic acid groups (broad SMARTS) is 1. The third-order valence-electron chi connectivity index (χ3n) is 12.2. The Morgan fingerprint density at radius 2 is 1.67 bits per heavy atom. The first-order chi connectivity index (χ1) is 28.5. The van der Waals surface area contributed by atoms with Gasteiger partial charge in [-0.15, -0.1) is 0 Å². The molecule has 3 aliphatic rings. The number of hydrogen-bond donors (Lipinski definition) is 3. The molecule has 1 aliphatic carbocycles. The van der Waals surface area contributed by atoms with Crippen LogP contribution < -0.4 is 0 Å². The monoisotopic (exact) mass is 844 g/mol. The van der Waals surface area contributed by atoms with E-state index in [2.05, 4.69) is 32.9 Å².